The molecule has 0 radical (unpaired) electrons. The van der Waals surface area contributed by atoms with Gasteiger partial charge in [0, 0.05) is 18.8 Å². The van der Waals surface area contributed by atoms with Gasteiger partial charge < -0.3 is 20.0 Å². The highest BCUT2D eigenvalue weighted by molar-refractivity contribution is 6.27. The van der Waals surface area contributed by atoms with Crippen molar-refractivity contribution in [1.82, 2.24) is 4.90 Å². The molecule has 1 unspecified atom stereocenters. The van der Waals surface area contributed by atoms with E-state index < -0.39 is 11.9 Å². The van der Waals surface area contributed by atoms with Crippen LogP contribution in [0.2, 0.25) is 0 Å². The molecule has 0 fully saturated rings. The number of carbonyl (C=O) groups excluding carboxylic acids is 1. The number of hydrogen-bond acceptors (Lipinski definition) is 5. The first-order valence-electron chi connectivity index (χ1n) is 10.7. The van der Waals surface area contributed by atoms with Crippen molar-refractivity contribution in [1.29, 1.82) is 0 Å². The summed E-state index contributed by atoms with van der Waals surface area (Å²) in [7, 11) is 0. The molecule has 1 heterocycles. The fourth-order valence-corrected chi connectivity index (χ4v) is 3.79. The van der Waals surface area contributed by atoms with Crippen LogP contribution in [-0.2, 0) is 9.59 Å². The minimum atomic E-state index is -1.82. The van der Waals surface area contributed by atoms with Crippen molar-refractivity contribution in [2.24, 2.45) is 0 Å². The van der Waals surface area contributed by atoms with Crippen LogP contribution >= 0.6 is 0 Å². The van der Waals surface area contributed by atoms with E-state index in [1.54, 1.807) is 0 Å². The zero-order valence-corrected chi connectivity index (χ0v) is 19.0. The van der Waals surface area contributed by atoms with Gasteiger partial charge in [-0.1, -0.05) is 44.2 Å². The summed E-state index contributed by atoms with van der Waals surface area (Å²) < 4.78 is 0. The second kappa shape index (κ2) is 11.3. The summed E-state index contributed by atoms with van der Waals surface area (Å²) in [6, 6.07) is 16.1. The van der Waals surface area contributed by atoms with E-state index in [-0.39, 0.29) is 12.1 Å². The lowest BCUT2D eigenvalue weighted by molar-refractivity contribution is -0.159. The minimum absolute atomic E-state index is 0.0194. The standard InChI is InChI=1S/C22H29N3O.C2H2O4/c1-5-23(6-2)15-16-24-18(4)25(20-13-9-7-11-17(20)3)22(26)19-12-8-10-14-21(19)24;3-1(4)2(5)6/h7-14,18H,5-6,15-16H2,1-4H3;(H,3,4)(H,5,6). The number of benzene rings is 2. The van der Waals surface area contributed by atoms with Gasteiger partial charge in [-0.25, -0.2) is 9.59 Å². The molecule has 0 bridgehead atoms. The van der Waals surface area contributed by atoms with Crippen LogP contribution in [0.4, 0.5) is 11.4 Å². The summed E-state index contributed by atoms with van der Waals surface area (Å²) in [5.41, 5.74) is 3.94. The number of fused-ring (bicyclic) bond motifs is 1. The van der Waals surface area contributed by atoms with E-state index in [2.05, 4.69) is 49.6 Å². The van der Waals surface area contributed by atoms with Crippen molar-refractivity contribution < 1.29 is 24.6 Å². The topological polar surface area (TPSA) is 101 Å². The first kappa shape index (κ1) is 24.9. The van der Waals surface area contributed by atoms with Crippen LogP contribution in [0.25, 0.3) is 0 Å². The van der Waals surface area contributed by atoms with Crippen LogP contribution in [0.1, 0.15) is 36.7 Å². The number of hydrogen-bond donors (Lipinski definition) is 2. The van der Waals surface area contributed by atoms with Gasteiger partial charge in [0.15, 0.2) is 0 Å². The van der Waals surface area contributed by atoms with E-state index in [9.17, 15) is 4.79 Å². The molecule has 2 aromatic carbocycles. The summed E-state index contributed by atoms with van der Waals surface area (Å²) in [4.78, 5) is 38.2. The third-order valence-electron chi connectivity index (χ3n) is 5.60. The Bertz CT molecular complexity index is 946. The third kappa shape index (κ3) is 5.64. The molecule has 1 aliphatic heterocycles. The van der Waals surface area contributed by atoms with Crippen LogP contribution in [0.15, 0.2) is 48.5 Å². The van der Waals surface area contributed by atoms with Crippen LogP contribution in [0.3, 0.4) is 0 Å². The minimum Gasteiger partial charge on any atom is -0.473 e. The first-order chi connectivity index (χ1) is 15.2. The highest BCUT2D eigenvalue weighted by Crippen LogP contribution is 2.35. The molecule has 172 valence electrons. The van der Waals surface area contributed by atoms with Crippen molar-refractivity contribution in [2.75, 3.05) is 36.0 Å². The van der Waals surface area contributed by atoms with E-state index in [4.69, 9.17) is 19.8 Å². The monoisotopic (exact) mass is 441 g/mol. The summed E-state index contributed by atoms with van der Waals surface area (Å²) in [6.45, 7) is 12.6. The third-order valence-corrected chi connectivity index (χ3v) is 5.60. The number of amides is 1. The predicted molar refractivity (Wildman–Crippen MR) is 124 cm³/mol. The molecule has 1 amide bonds. The van der Waals surface area contributed by atoms with Crippen molar-refractivity contribution in [2.45, 2.75) is 33.9 Å². The first-order valence-corrected chi connectivity index (χ1v) is 10.7. The Morgan fingerprint density at radius 3 is 2.00 bits per heavy atom. The molecule has 0 saturated carbocycles. The second-order valence-corrected chi connectivity index (χ2v) is 7.44. The molecule has 0 aliphatic carbocycles. The van der Waals surface area contributed by atoms with E-state index in [1.165, 1.54) is 0 Å². The molecule has 3 rings (SSSR count). The Morgan fingerprint density at radius 1 is 0.938 bits per heavy atom. The Kier molecular flexibility index (Phi) is 8.78. The number of carbonyl (C=O) groups is 3. The Balaban J connectivity index is 0.000000534. The van der Waals surface area contributed by atoms with E-state index in [0.717, 1.165) is 48.7 Å². The number of nitrogens with zero attached hydrogens (tertiary/aromatic N) is 3. The van der Waals surface area contributed by atoms with Gasteiger partial charge >= 0.3 is 11.9 Å². The molecule has 1 aliphatic rings. The highest BCUT2D eigenvalue weighted by atomic mass is 16.4. The molecule has 2 aromatic rings. The maximum atomic E-state index is 13.3. The summed E-state index contributed by atoms with van der Waals surface area (Å²) >= 11 is 0. The fraction of sp³-hybridized carbons (Fsp3) is 0.375. The maximum Gasteiger partial charge on any atom is 0.414 e. The van der Waals surface area contributed by atoms with Crippen LogP contribution in [0.5, 0.6) is 0 Å². The lowest BCUT2D eigenvalue weighted by atomic mass is 10.0. The van der Waals surface area contributed by atoms with Gasteiger partial charge in [-0.15, -0.1) is 0 Å². The molecule has 32 heavy (non-hydrogen) atoms. The normalized spacial score (nSPS) is 15.2. The van der Waals surface area contributed by atoms with Crippen LogP contribution < -0.4 is 9.80 Å². The molecule has 8 heteroatoms. The molecule has 2 N–H and O–H groups in total. The van der Waals surface area contributed by atoms with Crippen LogP contribution in [0, 0.1) is 6.92 Å². The average Bonchev–Trinajstić information content (AvgIpc) is 2.78. The average molecular weight is 442 g/mol. The van der Waals surface area contributed by atoms with Crippen molar-refractivity contribution in [3.05, 3.63) is 59.7 Å². The Hall–Kier alpha value is -3.39. The number of carboxylic acids is 2. The predicted octanol–water partition coefficient (Wildman–Crippen LogP) is 3.31. The van der Waals surface area contributed by atoms with E-state index in [1.807, 2.05) is 41.3 Å². The van der Waals surface area contributed by atoms with Gasteiger partial charge in [-0.2, -0.15) is 0 Å². The van der Waals surface area contributed by atoms with Crippen molar-refractivity contribution in [3.8, 4) is 0 Å². The van der Waals surface area contributed by atoms with Gasteiger partial charge in [-0.05, 0) is 50.7 Å². The van der Waals surface area contributed by atoms with Gasteiger partial charge in [-0.3, -0.25) is 9.69 Å². The van der Waals surface area contributed by atoms with Crippen LogP contribution in [-0.4, -0.2) is 65.3 Å². The fourth-order valence-electron chi connectivity index (χ4n) is 3.79. The zero-order valence-electron chi connectivity index (χ0n) is 19.0. The second-order valence-electron chi connectivity index (χ2n) is 7.44. The van der Waals surface area contributed by atoms with Gasteiger partial charge in [0.2, 0.25) is 0 Å². The number of aryl methyl sites for hydroxylation is 1. The largest absolute Gasteiger partial charge is 0.473 e. The van der Waals surface area contributed by atoms with Crippen molar-refractivity contribution >= 4 is 29.2 Å². The Labute approximate surface area is 188 Å². The molecule has 1 atom stereocenters. The van der Waals surface area contributed by atoms with Gasteiger partial charge in [0.05, 0.1) is 11.3 Å². The molecular weight excluding hydrogens is 410 g/mol. The van der Waals surface area contributed by atoms with Crippen molar-refractivity contribution in [3.63, 3.8) is 0 Å². The molecular formula is C24H31N3O5. The number of para-hydroxylation sites is 2. The van der Waals surface area contributed by atoms with E-state index >= 15 is 0 Å². The highest BCUT2D eigenvalue weighted by Gasteiger charge is 2.36. The van der Waals surface area contributed by atoms with Gasteiger partial charge in [0.25, 0.3) is 5.91 Å². The Morgan fingerprint density at radius 2 is 1.47 bits per heavy atom. The maximum absolute atomic E-state index is 13.3. The molecule has 0 spiro atoms. The van der Waals surface area contributed by atoms with Gasteiger partial charge in [0.1, 0.15) is 6.17 Å². The van der Waals surface area contributed by atoms with E-state index in [0.29, 0.717) is 0 Å². The lowest BCUT2D eigenvalue weighted by Gasteiger charge is -2.45. The number of carboxylic acid groups (broad SMARTS) is 2. The number of likely N-dealkylation sites (N-methyl/N-ethyl adjacent to an activating group) is 1. The summed E-state index contributed by atoms with van der Waals surface area (Å²) in [5.74, 6) is -3.56. The molecule has 8 nitrogen and oxygen atoms in total. The number of anilines is 2. The number of aliphatic carboxylic acids is 2. The number of rotatable bonds is 6. The summed E-state index contributed by atoms with van der Waals surface area (Å²) in [6.07, 6.45) is -0.0194. The zero-order chi connectivity index (χ0) is 23.8. The quantitative estimate of drug-likeness (QED) is 0.663. The lowest BCUT2D eigenvalue weighted by Crippen LogP contribution is -2.56. The summed E-state index contributed by atoms with van der Waals surface area (Å²) in [5, 5.41) is 14.8. The molecule has 0 saturated heterocycles. The smallest absolute Gasteiger partial charge is 0.414 e. The SMILES string of the molecule is CCN(CC)CCN1c2ccccc2C(=O)N(c2ccccc2C)C1C.O=C(O)C(=O)O. The molecule has 0 aromatic heterocycles.